The van der Waals surface area contributed by atoms with E-state index in [0.29, 0.717) is 17.2 Å². The van der Waals surface area contributed by atoms with Gasteiger partial charge in [-0.15, -0.1) is 0 Å². The first-order chi connectivity index (χ1) is 10.7. The average molecular weight is 300 g/mol. The zero-order chi connectivity index (χ0) is 15.5. The molecule has 3 rings (SSSR count). The maximum atomic E-state index is 11.8. The minimum Gasteiger partial charge on any atom is -0.465 e. The van der Waals surface area contributed by atoms with Gasteiger partial charge in [0.15, 0.2) is 5.76 Å². The van der Waals surface area contributed by atoms with Gasteiger partial charge >= 0.3 is 5.97 Å². The normalized spacial score (nSPS) is 13.7. The Kier molecular flexibility index (Phi) is 3.91. The Morgan fingerprint density at radius 1 is 1.36 bits per heavy atom. The minimum atomic E-state index is -0.374. The summed E-state index contributed by atoms with van der Waals surface area (Å²) in [6.07, 6.45) is 3.50. The van der Waals surface area contributed by atoms with Crippen LogP contribution in [0.15, 0.2) is 34.9 Å². The van der Waals surface area contributed by atoms with Gasteiger partial charge in [0.1, 0.15) is 0 Å². The molecule has 1 aliphatic rings. The summed E-state index contributed by atoms with van der Waals surface area (Å²) in [7, 11) is 1.36. The minimum absolute atomic E-state index is 0.258. The van der Waals surface area contributed by atoms with E-state index < -0.39 is 0 Å². The summed E-state index contributed by atoms with van der Waals surface area (Å²) >= 11 is 0. The van der Waals surface area contributed by atoms with Crippen LogP contribution in [0.4, 0.5) is 0 Å². The van der Waals surface area contributed by atoms with E-state index in [1.54, 1.807) is 24.3 Å². The van der Waals surface area contributed by atoms with Crippen molar-refractivity contribution >= 4 is 11.9 Å². The van der Waals surface area contributed by atoms with Crippen molar-refractivity contribution in [2.45, 2.75) is 25.3 Å². The Bertz CT molecular complexity index is 690. The van der Waals surface area contributed by atoms with Gasteiger partial charge in [-0.05, 0) is 37.1 Å². The fourth-order valence-corrected chi connectivity index (χ4v) is 2.23. The first kappa shape index (κ1) is 14.3. The van der Waals surface area contributed by atoms with Gasteiger partial charge in [-0.3, -0.25) is 9.78 Å². The number of methoxy groups -OCH3 is 1. The molecular weight excluding hydrogens is 284 g/mol. The van der Waals surface area contributed by atoms with Gasteiger partial charge in [0.25, 0.3) is 5.91 Å². The van der Waals surface area contributed by atoms with E-state index >= 15 is 0 Å². The molecule has 1 amide bonds. The molecule has 1 aliphatic carbocycles. The van der Waals surface area contributed by atoms with Gasteiger partial charge in [0.05, 0.1) is 36.9 Å². The van der Waals surface area contributed by atoms with E-state index in [-0.39, 0.29) is 24.2 Å². The fourth-order valence-electron chi connectivity index (χ4n) is 2.23. The lowest BCUT2D eigenvalue weighted by Crippen LogP contribution is -2.23. The third kappa shape index (κ3) is 3.00. The number of carbonyl (C=O) groups is 2. The molecule has 0 atom stereocenters. The van der Waals surface area contributed by atoms with Crippen molar-refractivity contribution in [1.29, 1.82) is 0 Å². The third-order valence-electron chi connectivity index (χ3n) is 3.53. The van der Waals surface area contributed by atoms with Crippen molar-refractivity contribution in [2.75, 3.05) is 7.11 Å². The molecule has 0 radical (unpaired) electrons. The molecule has 1 N–H and O–H groups in total. The van der Waals surface area contributed by atoms with Crippen molar-refractivity contribution in [1.82, 2.24) is 10.3 Å². The molecule has 0 aromatic carbocycles. The lowest BCUT2D eigenvalue weighted by molar-refractivity contribution is 0.0598. The standard InChI is InChI=1S/C16H16N2O4/c1-21-16(20)12-7-6-11(18-14(12)10-4-5-10)9-17-15(19)13-3-2-8-22-13/h2-3,6-8,10H,4-5,9H2,1H3,(H,17,19). The highest BCUT2D eigenvalue weighted by molar-refractivity contribution is 5.91. The topological polar surface area (TPSA) is 81.4 Å². The monoisotopic (exact) mass is 300 g/mol. The van der Waals surface area contributed by atoms with Crippen molar-refractivity contribution in [2.24, 2.45) is 0 Å². The Balaban J connectivity index is 1.73. The Labute approximate surface area is 127 Å². The summed E-state index contributed by atoms with van der Waals surface area (Å²) in [6.45, 7) is 0.278. The highest BCUT2D eigenvalue weighted by Gasteiger charge is 2.30. The predicted octanol–water partition coefficient (Wildman–Crippen LogP) is 2.27. The number of esters is 1. The van der Waals surface area contributed by atoms with Crippen LogP contribution in [0, 0.1) is 0 Å². The Hall–Kier alpha value is -2.63. The highest BCUT2D eigenvalue weighted by atomic mass is 16.5. The van der Waals surface area contributed by atoms with Crippen molar-refractivity contribution < 1.29 is 18.7 Å². The summed E-state index contributed by atoms with van der Waals surface area (Å²) in [5.41, 5.74) is 1.97. The van der Waals surface area contributed by atoms with Crippen LogP contribution in [0.3, 0.4) is 0 Å². The number of hydrogen-bond acceptors (Lipinski definition) is 5. The van der Waals surface area contributed by atoms with E-state index in [9.17, 15) is 9.59 Å². The molecule has 1 fully saturated rings. The summed E-state index contributed by atoms with van der Waals surface area (Å²) in [5, 5.41) is 2.74. The number of furan rings is 1. The molecule has 6 heteroatoms. The highest BCUT2D eigenvalue weighted by Crippen LogP contribution is 2.40. The smallest absolute Gasteiger partial charge is 0.339 e. The van der Waals surface area contributed by atoms with Crippen LogP contribution in [0.2, 0.25) is 0 Å². The van der Waals surface area contributed by atoms with Crippen LogP contribution < -0.4 is 5.32 Å². The molecule has 22 heavy (non-hydrogen) atoms. The number of aromatic nitrogens is 1. The summed E-state index contributed by atoms with van der Waals surface area (Å²) in [6, 6.07) is 6.68. The maximum absolute atomic E-state index is 11.8. The summed E-state index contributed by atoms with van der Waals surface area (Å²) < 4.78 is 9.81. The molecule has 2 heterocycles. The number of nitrogens with zero attached hydrogens (tertiary/aromatic N) is 1. The Morgan fingerprint density at radius 2 is 2.18 bits per heavy atom. The van der Waals surface area contributed by atoms with Crippen molar-refractivity contribution in [3.63, 3.8) is 0 Å². The largest absolute Gasteiger partial charge is 0.465 e. The number of ether oxygens (including phenoxy) is 1. The molecule has 0 bridgehead atoms. The van der Waals surface area contributed by atoms with E-state index in [1.807, 2.05) is 0 Å². The lowest BCUT2D eigenvalue weighted by atomic mass is 10.1. The first-order valence-electron chi connectivity index (χ1n) is 7.09. The predicted molar refractivity (Wildman–Crippen MR) is 77.4 cm³/mol. The average Bonchev–Trinajstić information content (AvgIpc) is 3.25. The van der Waals surface area contributed by atoms with Crippen LogP contribution in [-0.2, 0) is 11.3 Å². The van der Waals surface area contributed by atoms with Gasteiger partial charge in [-0.25, -0.2) is 4.79 Å². The van der Waals surface area contributed by atoms with Gasteiger partial charge in [0.2, 0.25) is 0 Å². The molecule has 114 valence electrons. The first-order valence-corrected chi connectivity index (χ1v) is 7.09. The summed E-state index contributed by atoms with van der Waals surface area (Å²) in [4.78, 5) is 28.1. The zero-order valence-corrected chi connectivity index (χ0v) is 12.2. The summed E-state index contributed by atoms with van der Waals surface area (Å²) in [5.74, 6) is -0.0965. The molecule has 1 saturated carbocycles. The molecule has 0 saturated heterocycles. The van der Waals surface area contributed by atoms with E-state index in [2.05, 4.69) is 10.3 Å². The van der Waals surface area contributed by atoms with Crippen molar-refractivity contribution in [3.05, 3.63) is 53.2 Å². The number of rotatable bonds is 5. The number of nitrogens with one attached hydrogen (secondary N) is 1. The van der Waals surface area contributed by atoms with E-state index in [4.69, 9.17) is 9.15 Å². The van der Waals surface area contributed by atoms with Crippen LogP contribution >= 0.6 is 0 Å². The van der Waals surface area contributed by atoms with E-state index in [0.717, 1.165) is 18.5 Å². The van der Waals surface area contributed by atoms with Crippen LogP contribution in [0.5, 0.6) is 0 Å². The van der Waals surface area contributed by atoms with Gasteiger partial charge in [0, 0.05) is 5.92 Å². The quantitative estimate of drug-likeness (QED) is 0.857. The number of carbonyl (C=O) groups excluding carboxylic acids is 2. The van der Waals surface area contributed by atoms with Crippen LogP contribution in [0.1, 0.15) is 51.1 Å². The third-order valence-corrected chi connectivity index (χ3v) is 3.53. The number of amides is 1. The van der Waals surface area contributed by atoms with Gasteiger partial charge in [-0.2, -0.15) is 0 Å². The second-order valence-corrected chi connectivity index (χ2v) is 5.16. The number of hydrogen-bond donors (Lipinski definition) is 1. The van der Waals surface area contributed by atoms with Crippen LogP contribution in [0.25, 0.3) is 0 Å². The number of pyridine rings is 1. The fraction of sp³-hybridized carbons (Fsp3) is 0.312. The maximum Gasteiger partial charge on any atom is 0.339 e. The van der Waals surface area contributed by atoms with Crippen LogP contribution in [-0.4, -0.2) is 24.0 Å². The molecule has 2 aromatic rings. The molecular formula is C16H16N2O4. The van der Waals surface area contributed by atoms with Gasteiger partial charge in [-0.1, -0.05) is 0 Å². The molecule has 0 aliphatic heterocycles. The zero-order valence-electron chi connectivity index (χ0n) is 12.2. The molecule has 6 nitrogen and oxygen atoms in total. The van der Waals surface area contributed by atoms with E-state index in [1.165, 1.54) is 13.4 Å². The lowest BCUT2D eigenvalue weighted by Gasteiger charge is -2.09. The SMILES string of the molecule is COC(=O)c1ccc(CNC(=O)c2ccco2)nc1C1CC1. The molecule has 0 spiro atoms. The second-order valence-electron chi connectivity index (χ2n) is 5.16. The van der Waals surface area contributed by atoms with Crippen molar-refractivity contribution in [3.8, 4) is 0 Å². The van der Waals surface area contributed by atoms with Gasteiger partial charge < -0.3 is 14.5 Å². The Morgan fingerprint density at radius 3 is 2.82 bits per heavy atom. The molecule has 2 aromatic heterocycles. The second kappa shape index (κ2) is 6.01. The molecule has 0 unspecified atom stereocenters.